The van der Waals surface area contributed by atoms with Crippen LogP contribution in [0, 0.1) is 0 Å². The van der Waals surface area contributed by atoms with Gasteiger partial charge in [0.2, 0.25) is 0 Å². The fraction of sp³-hybridized carbons (Fsp3) is 0.789. The highest BCUT2D eigenvalue weighted by Gasteiger charge is 1.93. The molecule has 0 saturated carbocycles. The molecule has 0 fully saturated rings. The largest absolute Gasteiger partial charge is 0.355 e. The minimum absolute atomic E-state index is 0.313. The number of allylic oxidation sites excluding steroid dienone is 6. The summed E-state index contributed by atoms with van der Waals surface area (Å²) < 4.78 is 16.4. The molecule has 0 bridgehead atoms. The summed E-state index contributed by atoms with van der Waals surface area (Å²) in [5.41, 5.74) is 0. The lowest BCUT2D eigenvalue weighted by Crippen LogP contribution is -2.05. The number of unbranched alkanes of at least 4 members (excludes halogenated alkanes) is 18. The maximum Gasteiger partial charge on any atom is 0.149 e. The van der Waals surface area contributed by atoms with Gasteiger partial charge >= 0.3 is 0 Å². The third-order valence-corrected chi connectivity index (χ3v) is 7.29. The first-order valence-corrected chi connectivity index (χ1v) is 17.7. The van der Waals surface area contributed by atoms with Crippen LogP contribution in [0.3, 0.4) is 0 Å². The second-order valence-corrected chi connectivity index (χ2v) is 11.4. The average Bonchev–Trinajstić information content (AvgIpc) is 2.98. The molecule has 0 unspecified atom stereocenters. The predicted molar refractivity (Wildman–Crippen MR) is 181 cm³/mol. The molecular formula is C38H70O3. The molecule has 0 saturated heterocycles. The summed E-state index contributed by atoms with van der Waals surface area (Å²) in [4.78, 5) is 0. The Kier molecular flexibility index (Phi) is 37.7. The van der Waals surface area contributed by atoms with Gasteiger partial charge in [0.05, 0.1) is 13.2 Å². The molecule has 41 heavy (non-hydrogen) atoms. The zero-order valence-corrected chi connectivity index (χ0v) is 27.6. The van der Waals surface area contributed by atoms with Crippen molar-refractivity contribution in [1.29, 1.82) is 0 Å². The molecule has 0 rings (SSSR count). The van der Waals surface area contributed by atoms with Crippen LogP contribution < -0.4 is 0 Å². The van der Waals surface area contributed by atoms with E-state index in [1.165, 1.54) is 141 Å². The zero-order chi connectivity index (χ0) is 29.6. The van der Waals surface area contributed by atoms with Gasteiger partial charge in [-0.2, -0.15) is 0 Å². The first-order valence-electron chi connectivity index (χ1n) is 17.7. The van der Waals surface area contributed by atoms with Crippen molar-refractivity contribution in [2.45, 2.75) is 168 Å². The number of hydrogen-bond acceptors (Lipinski definition) is 3. The summed E-state index contributed by atoms with van der Waals surface area (Å²) >= 11 is 0. The van der Waals surface area contributed by atoms with E-state index >= 15 is 0 Å². The summed E-state index contributed by atoms with van der Waals surface area (Å²) in [7, 11) is 0. The third-order valence-electron chi connectivity index (χ3n) is 7.29. The van der Waals surface area contributed by atoms with Gasteiger partial charge < -0.3 is 14.2 Å². The van der Waals surface area contributed by atoms with E-state index < -0.39 is 0 Å². The van der Waals surface area contributed by atoms with Gasteiger partial charge in [0.25, 0.3) is 0 Å². The summed E-state index contributed by atoms with van der Waals surface area (Å²) in [5, 5.41) is 0. The van der Waals surface area contributed by atoms with E-state index in [9.17, 15) is 0 Å². The van der Waals surface area contributed by atoms with Gasteiger partial charge in [-0.3, -0.25) is 0 Å². The Morgan fingerprint density at radius 3 is 0.878 bits per heavy atom. The number of hydrogen-bond donors (Lipinski definition) is 0. The fourth-order valence-corrected chi connectivity index (χ4v) is 4.62. The first kappa shape index (κ1) is 39.8. The van der Waals surface area contributed by atoms with Gasteiger partial charge in [-0.15, -0.1) is 0 Å². The standard InChI is InChI=1S/C38H70O3/c1-3-5-7-9-11-13-15-17-19-21-23-25-27-29-31-33-35-39-37-41-38-40-36-34-32-30-28-26-24-22-20-18-16-14-12-10-8-6-4-2/h9-12,29-32H,3-8,13-28,33-38H2,1-2H3/b11-9?,12-10?,31-29+,32-30+. The van der Waals surface area contributed by atoms with Crippen LogP contribution >= 0.6 is 0 Å². The monoisotopic (exact) mass is 575 g/mol. The van der Waals surface area contributed by atoms with Crippen molar-refractivity contribution >= 4 is 0 Å². The maximum atomic E-state index is 5.51. The van der Waals surface area contributed by atoms with Crippen molar-refractivity contribution in [2.75, 3.05) is 26.8 Å². The first-order chi connectivity index (χ1) is 20.4. The topological polar surface area (TPSA) is 27.7 Å². The molecule has 0 aliphatic carbocycles. The lowest BCUT2D eigenvalue weighted by atomic mass is 10.1. The molecule has 0 aromatic carbocycles. The molecule has 240 valence electrons. The summed E-state index contributed by atoms with van der Waals surface area (Å²) in [6.07, 6.45) is 49.5. The smallest absolute Gasteiger partial charge is 0.149 e. The quantitative estimate of drug-likeness (QED) is 0.0434. The maximum absolute atomic E-state index is 5.51. The van der Waals surface area contributed by atoms with Crippen LogP contribution in [-0.2, 0) is 14.2 Å². The van der Waals surface area contributed by atoms with Crippen LogP contribution in [0.4, 0.5) is 0 Å². The molecule has 0 N–H and O–H groups in total. The van der Waals surface area contributed by atoms with E-state index in [-0.39, 0.29) is 0 Å². The minimum Gasteiger partial charge on any atom is -0.355 e. The predicted octanol–water partition coefficient (Wildman–Crippen LogP) is 12.6. The van der Waals surface area contributed by atoms with Gasteiger partial charge in [-0.1, -0.05) is 140 Å². The van der Waals surface area contributed by atoms with E-state index in [0.717, 1.165) is 12.8 Å². The lowest BCUT2D eigenvalue weighted by molar-refractivity contribution is -0.129. The second-order valence-electron chi connectivity index (χ2n) is 11.4. The molecule has 0 spiro atoms. The van der Waals surface area contributed by atoms with Crippen molar-refractivity contribution in [3.8, 4) is 0 Å². The Morgan fingerprint density at radius 1 is 0.293 bits per heavy atom. The summed E-state index contributed by atoms with van der Waals surface area (Å²) in [5.74, 6) is 0. The lowest BCUT2D eigenvalue weighted by Gasteiger charge is -2.05. The molecule has 0 aromatic rings. The van der Waals surface area contributed by atoms with Gasteiger partial charge in [0.1, 0.15) is 13.6 Å². The molecule has 0 radical (unpaired) electrons. The molecule has 0 heterocycles. The molecule has 0 atom stereocenters. The Hall–Kier alpha value is -1.16. The number of rotatable bonds is 34. The van der Waals surface area contributed by atoms with Crippen molar-refractivity contribution in [1.82, 2.24) is 0 Å². The zero-order valence-electron chi connectivity index (χ0n) is 27.6. The Balaban J connectivity index is 3.17. The summed E-state index contributed by atoms with van der Waals surface area (Å²) in [6, 6.07) is 0. The molecular weight excluding hydrogens is 504 g/mol. The molecule has 3 nitrogen and oxygen atoms in total. The van der Waals surface area contributed by atoms with Gasteiger partial charge in [0, 0.05) is 0 Å². The van der Waals surface area contributed by atoms with E-state index in [4.69, 9.17) is 14.2 Å². The third kappa shape index (κ3) is 38.8. The van der Waals surface area contributed by atoms with Crippen LogP contribution in [0.5, 0.6) is 0 Å². The van der Waals surface area contributed by atoms with Gasteiger partial charge in [0.15, 0.2) is 0 Å². The van der Waals surface area contributed by atoms with E-state index in [1.54, 1.807) is 0 Å². The Labute approximate surface area is 257 Å². The van der Waals surface area contributed by atoms with Gasteiger partial charge in [-0.05, 0) is 77.0 Å². The van der Waals surface area contributed by atoms with E-state index in [0.29, 0.717) is 26.8 Å². The van der Waals surface area contributed by atoms with Crippen LogP contribution in [0.15, 0.2) is 48.6 Å². The van der Waals surface area contributed by atoms with Crippen molar-refractivity contribution in [3.63, 3.8) is 0 Å². The molecule has 0 aliphatic heterocycles. The van der Waals surface area contributed by atoms with Crippen molar-refractivity contribution < 1.29 is 14.2 Å². The number of ether oxygens (including phenoxy) is 3. The molecule has 0 aliphatic rings. The van der Waals surface area contributed by atoms with E-state index in [1.807, 2.05) is 0 Å². The average molecular weight is 575 g/mol. The van der Waals surface area contributed by atoms with Crippen molar-refractivity contribution in [2.24, 2.45) is 0 Å². The normalized spacial score (nSPS) is 12.3. The van der Waals surface area contributed by atoms with Crippen LogP contribution in [0.2, 0.25) is 0 Å². The highest BCUT2D eigenvalue weighted by molar-refractivity contribution is 4.83. The summed E-state index contributed by atoms with van der Waals surface area (Å²) in [6.45, 7) is 6.56. The van der Waals surface area contributed by atoms with E-state index in [2.05, 4.69) is 62.5 Å². The van der Waals surface area contributed by atoms with Crippen LogP contribution in [-0.4, -0.2) is 26.8 Å². The van der Waals surface area contributed by atoms with Crippen LogP contribution in [0.1, 0.15) is 168 Å². The SMILES string of the molecule is CCCCC=CCCCCCCCC/C=C/CCOCOCOCC/C=C/CCCCCCCCC=CCCCC. The molecule has 0 aromatic heterocycles. The van der Waals surface area contributed by atoms with Gasteiger partial charge in [-0.25, -0.2) is 0 Å². The highest BCUT2D eigenvalue weighted by Crippen LogP contribution is 2.11. The Bertz CT molecular complexity index is 528. The second kappa shape index (κ2) is 38.8. The highest BCUT2D eigenvalue weighted by atomic mass is 16.7. The molecule has 0 amide bonds. The fourth-order valence-electron chi connectivity index (χ4n) is 4.62. The minimum atomic E-state index is 0.313. The van der Waals surface area contributed by atoms with Crippen molar-refractivity contribution in [3.05, 3.63) is 48.6 Å². The Morgan fingerprint density at radius 2 is 0.561 bits per heavy atom. The van der Waals surface area contributed by atoms with Crippen LogP contribution in [0.25, 0.3) is 0 Å². The molecule has 3 heteroatoms.